The van der Waals surface area contributed by atoms with Gasteiger partial charge < -0.3 is 15.1 Å². The minimum absolute atomic E-state index is 0. The van der Waals surface area contributed by atoms with Crippen LogP contribution in [0.5, 0.6) is 0 Å². The minimum atomic E-state index is -0.345. The Morgan fingerprint density at radius 3 is 2.32 bits per heavy atom. The average molecular weight is 370 g/mol. The molecule has 0 spiro atoms. The van der Waals surface area contributed by atoms with Gasteiger partial charge >= 0.3 is 0 Å². The maximum Gasteiger partial charge on any atom is 0.227 e. The van der Waals surface area contributed by atoms with Crippen molar-refractivity contribution in [3.63, 3.8) is 0 Å². The van der Waals surface area contributed by atoms with Crippen LogP contribution in [0.3, 0.4) is 0 Å². The SMILES string of the molecule is CC(C(=O)N1CCN(C(=O)Cc2ccccc2F)CC1)C1CNC1.Cl. The first-order chi connectivity index (χ1) is 11.6. The molecule has 1 aromatic rings. The van der Waals surface area contributed by atoms with E-state index in [1.54, 1.807) is 23.1 Å². The van der Waals surface area contributed by atoms with Gasteiger partial charge in [0.25, 0.3) is 0 Å². The van der Waals surface area contributed by atoms with Crippen LogP contribution in [0.1, 0.15) is 12.5 Å². The van der Waals surface area contributed by atoms with E-state index >= 15 is 0 Å². The van der Waals surface area contributed by atoms with E-state index in [0.717, 1.165) is 13.1 Å². The summed E-state index contributed by atoms with van der Waals surface area (Å²) < 4.78 is 13.7. The molecular formula is C18H25ClFN3O2. The first-order valence-corrected chi connectivity index (χ1v) is 8.57. The minimum Gasteiger partial charge on any atom is -0.339 e. The van der Waals surface area contributed by atoms with Crippen LogP contribution in [0.4, 0.5) is 4.39 Å². The summed E-state index contributed by atoms with van der Waals surface area (Å²) >= 11 is 0. The van der Waals surface area contributed by atoms with Gasteiger partial charge in [0.05, 0.1) is 6.42 Å². The molecule has 1 N–H and O–H groups in total. The van der Waals surface area contributed by atoms with Crippen molar-refractivity contribution in [2.75, 3.05) is 39.3 Å². The molecule has 2 heterocycles. The Morgan fingerprint density at radius 1 is 1.16 bits per heavy atom. The molecule has 2 aliphatic heterocycles. The molecular weight excluding hydrogens is 345 g/mol. The highest BCUT2D eigenvalue weighted by Gasteiger charge is 2.33. The van der Waals surface area contributed by atoms with Crippen molar-refractivity contribution in [1.82, 2.24) is 15.1 Å². The zero-order valence-electron chi connectivity index (χ0n) is 14.4. The van der Waals surface area contributed by atoms with Crippen LogP contribution >= 0.6 is 12.4 Å². The molecule has 0 radical (unpaired) electrons. The van der Waals surface area contributed by atoms with Crippen LogP contribution in [0.15, 0.2) is 24.3 Å². The molecule has 2 amide bonds. The molecule has 2 fully saturated rings. The van der Waals surface area contributed by atoms with Gasteiger partial charge in [-0.2, -0.15) is 0 Å². The number of carbonyl (C=O) groups is 2. The number of piperazine rings is 1. The van der Waals surface area contributed by atoms with Gasteiger partial charge in [-0.1, -0.05) is 25.1 Å². The van der Waals surface area contributed by atoms with E-state index in [2.05, 4.69) is 5.32 Å². The van der Waals surface area contributed by atoms with E-state index in [1.165, 1.54) is 6.07 Å². The molecule has 138 valence electrons. The fourth-order valence-electron chi connectivity index (χ4n) is 3.25. The van der Waals surface area contributed by atoms with Gasteiger partial charge in [-0.25, -0.2) is 4.39 Å². The van der Waals surface area contributed by atoms with Gasteiger partial charge in [0.2, 0.25) is 11.8 Å². The Bertz CT molecular complexity index is 616. The number of carbonyl (C=O) groups excluding carboxylic acids is 2. The van der Waals surface area contributed by atoms with Gasteiger partial charge in [-0.15, -0.1) is 12.4 Å². The molecule has 5 nitrogen and oxygen atoms in total. The number of nitrogens with zero attached hydrogens (tertiary/aromatic N) is 2. The number of benzene rings is 1. The van der Waals surface area contributed by atoms with E-state index in [0.29, 0.717) is 37.7 Å². The quantitative estimate of drug-likeness (QED) is 0.870. The Balaban J connectivity index is 0.00000225. The maximum absolute atomic E-state index is 13.7. The monoisotopic (exact) mass is 369 g/mol. The third-order valence-corrected chi connectivity index (χ3v) is 5.15. The van der Waals surface area contributed by atoms with E-state index in [1.807, 2.05) is 11.8 Å². The summed E-state index contributed by atoms with van der Waals surface area (Å²) in [5.74, 6) is 0.221. The Labute approximate surface area is 154 Å². The van der Waals surface area contributed by atoms with Crippen molar-refractivity contribution < 1.29 is 14.0 Å². The van der Waals surface area contributed by atoms with Crippen LogP contribution in [-0.2, 0) is 16.0 Å². The van der Waals surface area contributed by atoms with Crippen molar-refractivity contribution >= 4 is 24.2 Å². The number of halogens is 2. The smallest absolute Gasteiger partial charge is 0.227 e. The summed E-state index contributed by atoms with van der Waals surface area (Å²) in [6, 6.07) is 6.36. The van der Waals surface area contributed by atoms with Gasteiger partial charge in [0, 0.05) is 32.1 Å². The highest BCUT2D eigenvalue weighted by Crippen LogP contribution is 2.19. The molecule has 1 atom stereocenters. The van der Waals surface area contributed by atoms with Crippen LogP contribution in [0.25, 0.3) is 0 Å². The van der Waals surface area contributed by atoms with Gasteiger partial charge in [-0.05, 0) is 30.6 Å². The average Bonchev–Trinajstić information content (AvgIpc) is 2.54. The highest BCUT2D eigenvalue weighted by molar-refractivity contribution is 5.85. The van der Waals surface area contributed by atoms with E-state index in [9.17, 15) is 14.0 Å². The number of hydrogen-bond acceptors (Lipinski definition) is 3. The number of rotatable bonds is 4. The predicted molar refractivity (Wildman–Crippen MR) is 96.0 cm³/mol. The summed E-state index contributed by atoms with van der Waals surface area (Å²) in [7, 11) is 0. The number of nitrogens with one attached hydrogen (secondary N) is 1. The molecule has 0 aromatic heterocycles. The van der Waals surface area contributed by atoms with Crippen molar-refractivity contribution in [3.8, 4) is 0 Å². The molecule has 0 bridgehead atoms. The molecule has 25 heavy (non-hydrogen) atoms. The number of amides is 2. The normalized spacial score (nSPS) is 19.0. The lowest BCUT2D eigenvalue weighted by molar-refractivity contribution is -0.143. The third-order valence-electron chi connectivity index (χ3n) is 5.15. The molecule has 1 aromatic carbocycles. The molecule has 2 aliphatic rings. The van der Waals surface area contributed by atoms with Crippen molar-refractivity contribution in [1.29, 1.82) is 0 Å². The molecule has 7 heteroatoms. The zero-order chi connectivity index (χ0) is 17.1. The van der Waals surface area contributed by atoms with E-state index in [-0.39, 0.29) is 42.4 Å². The molecule has 2 saturated heterocycles. The Morgan fingerprint density at radius 2 is 1.76 bits per heavy atom. The van der Waals surface area contributed by atoms with Gasteiger partial charge in [0.1, 0.15) is 5.82 Å². The largest absolute Gasteiger partial charge is 0.339 e. The summed E-state index contributed by atoms with van der Waals surface area (Å²) in [5.41, 5.74) is 0.423. The Kier molecular flexibility index (Phi) is 6.79. The lowest BCUT2D eigenvalue weighted by atomic mass is 9.88. The van der Waals surface area contributed by atoms with Gasteiger partial charge in [0.15, 0.2) is 0 Å². The zero-order valence-corrected chi connectivity index (χ0v) is 15.2. The third kappa shape index (κ3) is 4.50. The second-order valence-corrected chi connectivity index (χ2v) is 6.68. The fraction of sp³-hybridized carbons (Fsp3) is 0.556. The first-order valence-electron chi connectivity index (χ1n) is 8.57. The summed E-state index contributed by atoms with van der Waals surface area (Å²) in [6.07, 6.45) is 0.0742. The standard InChI is InChI=1S/C18H24FN3O2.ClH/c1-13(15-11-20-12-15)18(24)22-8-6-21(7-9-22)17(23)10-14-4-2-3-5-16(14)19;/h2-5,13,15,20H,6-12H2,1H3;1H. The second-order valence-electron chi connectivity index (χ2n) is 6.68. The predicted octanol–water partition coefficient (Wildman–Crippen LogP) is 1.32. The fourth-order valence-corrected chi connectivity index (χ4v) is 3.25. The Hall–Kier alpha value is -1.66. The second kappa shape index (κ2) is 8.63. The summed E-state index contributed by atoms with van der Waals surface area (Å²) in [6.45, 7) is 5.98. The molecule has 0 aliphatic carbocycles. The van der Waals surface area contributed by atoms with Crippen molar-refractivity contribution in [2.45, 2.75) is 13.3 Å². The van der Waals surface area contributed by atoms with Gasteiger partial charge in [-0.3, -0.25) is 9.59 Å². The van der Waals surface area contributed by atoms with Crippen molar-refractivity contribution in [3.05, 3.63) is 35.6 Å². The first kappa shape index (κ1) is 19.7. The van der Waals surface area contributed by atoms with Crippen LogP contribution < -0.4 is 5.32 Å². The highest BCUT2D eigenvalue weighted by atomic mass is 35.5. The summed E-state index contributed by atoms with van der Waals surface area (Å²) in [4.78, 5) is 28.4. The lowest BCUT2D eigenvalue weighted by Gasteiger charge is -2.39. The van der Waals surface area contributed by atoms with Crippen LogP contribution in [0.2, 0.25) is 0 Å². The topological polar surface area (TPSA) is 52.7 Å². The van der Waals surface area contributed by atoms with E-state index in [4.69, 9.17) is 0 Å². The molecule has 1 unspecified atom stereocenters. The molecule has 3 rings (SSSR count). The lowest BCUT2D eigenvalue weighted by Crippen LogP contribution is -2.55. The van der Waals surface area contributed by atoms with E-state index < -0.39 is 0 Å². The molecule has 0 saturated carbocycles. The summed E-state index contributed by atoms with van der Waals surface area (Å²) in [5, 5.41) is 3.20. The van der Waals surface area contributed by atoms with Crippen molar-refractivity contribution in [2.24, 2.45) is 11.8 Å². The number of hydrogen-bond donors (Lipinski definition) is 1. The van der Waals surface area contributed by atoms with Crippen LogP contribution in [0, 0.1) is 17.7 Å². The van der Waals surface area contributed by atoms with Crippen LogP contribution in [-0.4, -0.2) is 60.9 Å². The maximum atomic E-state index is 13.7.